The first kappa shape index (κ1) is 9.71. The van der Waals surface area contributed by atoms with Crippen LogP contribution in [0.25, 0.3) is 0 Å². The molecule has 2 aliphatic rings. The first-order valence-corrected chi connectivity index (χ1v) is 5.22. The topological polar surface area (TPSA) is 23.6 Å². The highest BCUT2D eigenvalue weighted by atomic mass is 16.2. The summed E-state index contributed by atoms with van der Waals surface area (Å²) in [4.78, 5) is 15.6. The van der Waals surface area contributed by atoms with Crippen molar-refractivity contribution in [1.82, 2.24) is 9.80 Å². The van der Waals surface area contributed by atoms with E-state index in [0.717, 1.165) is 26.2 Å². The fraction of sp³-hybridized carbons (Fsp3) is 0.727. The Morgan fingerprint density at radius 1 is 1.36 bits per heavy atom. The SMILES string of the molecule is C=CC(=O)N1CC2(C1)CN(C(C)C)C2. The van der Waals surface area contributed by atoms with Crippen LogP contribution in [0.15, 0.2) is 12.7 Å². The Bertz CT molecular complexity index is 258. The summed E-state index contributed by atoms with van der Waals surface area (Å²) in [6.07, 6.45) is 1.41. The van der Waals surface area contributed by atoms with Gasteiger partial charge in [0, 0.05) is 37.6 Å². The molecule has 3 heteroatoms. The monoisotopic (exact) mass is 194 g/mol. The average molecular weight is 194 g/mol. The smallest absolute Gasteiger partial charge is 0.245 e. The third-order valence-corrected chi connectivity index (χ3v) is 3.35. The summed E-state index contributed by atoms with van der Waals surface area (Å²) in [5, 5.41) is 0. The van der Waals surface area contributed by atoms with Crippen LogP contribution in [0, 0.1) is 5.41 Å². The van der Waals surface area contributed by atoms with Crippen LogP contribution in [0.4, 0.5) is 0 Å². The van der Waals surface area contributed by atoms with Gasteiger partial charge in [0.1, 0.15) is 0 Å². The molecule has 1 amide bonds. The average Bonchev–Trinajstić information content (AvgIpc) is 1.98. The summed E-state index contributed by atoms with van der Waals surface area (Å²) < 4.78 is 0. The summed E-state index contributed by atoms with van der Waals surface area (Å²) >= 11 is 0. The molecule has 2 saturated heterocycles. The van der Waals surface area contributed by atoms with Crippen molar-refractivity contribution < 1.29 is 4.79 Å². The van der Waals surface area contributed by atoms with Gasteiger partial charge >= 0.3 is 0 Å². The van der Waals surface area contributed by atoms with Crippen molar-refractivity contribution in [2.24, 2.45) is 5.41 Å². The molecule has 14 heavy (non-hydrogen) atoms. The first-order chi connectivity index (χ1) is 6.56. The molecule has 1 spiro atoms. The largest absolute Gasteiger partial charge is 0.338 e. The third-order valence-electron chi connectivity index (χ3n) is 3.35. The van der Waals surface area contributed by atoms with Crippen molar-refractivity contribution in [2.75, 3.05) is 26.2 Å². The Morgan fingerprint density at radius 3 is 2.36 bits per heavy atom. The summed E-state index contributed by atoms with van der Waals surface area (Å²) in [7, 11) is 0. The van der Waals surface area contributed by atoms with Gasteiger partial charge in [-0.1, -0.05) is 6.58 Å². The molecule has 0 bridgehead atoms. The van der Waals surface area contributed by atoms with Gasteiger partial charge in [0.2, 0.25) is 5.91 Å². The molecule has 2 rings (SSSR count). The molecule has 0 atom stereocenters. The van der Waals surface area contributed by atoms with Gasteiger partial charge in [0.05, 0.1) is 0 Å². The van der Waals surface area contributed by atoms with Gasteiger partial charge in [-0.15, -0.1) is 0 Å². The molecular formula is C11H18N2O. The molecule has 0 saturated carbocycles. The molecule has 0 aromatic carbocycles. The maximum atomic E-state index is 11.2. The zero-order valence-corrected chi connectivity index (χ0v) is 8.99. The van der Waals surface area contributed by atoms with E-state index in [1.54, 1.807) is 0 Å². The molecule has 2 heterocycles. The molecule has 0 unspecified atom stereocenters. The van der Waals surface area contributed by atoms with E-state index in [1.807, 2.05) is 4.90 Å². The summed E-state index contributed by atoms with van der Waals surface area (Å²) in [6.45, 7) is 12.1. The lowest BCUT2D eigenvalue weighted by Crippen LogP contribution is -2.73. The second-order valence-electron chi connectivity index (χ2n) is 4.90. The van der Waals surface area contributed by atoms with Crippen LogP contribution in [0.1, 0.15) is 13.8 Å². The van der Waals surface area contributed by atoms with Crippen LogP contribution in [0.2, 0.25) is 0 Å². The maximum Gasteiger partial charge on any atom is 0.245 e. The normalized spacial score (nSPS) is 24.6. The van der Waals surface area contributed by atoms with Crippen molar-refractivity contribution in [2.45, 2.75) is 19.9 Å². The van der Waals surface area contributed by atoms with Gasteiger partial charge in [0.25, 0.3) is 0 Å². The number of hydrogen-bond donors (Lipinski definition) is 0. The van der Waals surface area contributed by atoms with Gasteiger partial charge in [0.15, 0.2) is 0 Å². The van der Waals surface area contributed by atoms with E-state index < -0.39 is 0 Å². The third kappa shape index (κ3) is 1.36. The fourth-order valence-electron chi connectivity index (χ4n) is 2.43. The number of rotatable bonds is 2. The van der Waals surface area contributed by atoms with Crippen molar-refractivity contribution in [3.63, 3.8) is 0 Å². The van der Waals surface area contributed by atoms with E-state index in [1.165, 1.54) is 6.08 Å². The van der Waals surface area contributed by atoms with E-state index >= 15 is 0 Å². The van der Waals surface area contributed by atoms with Crippen LogP contribution in [0.3, 0.4) is 0 Å². The van der Waals surface area contributed by atoms with Gasteiger partial charge < -0.3 is 4.90 Å². The van der Waals surface area contributed by atoms with Gasteiger partial charge in [-0.3, -0.25) is 9.69 Å². The molecule has 0 aromatic rings. The highest BCUT2D eigenvalue weighted by Gasteiger charge is 2.52. The Morgan fingerprint density at radius 2 is 1.93 bits per heavy atom. The minimum atomic E-state index is 0.0821. The zero-order valence-electron chi connectivity index (χ0n) is 8.99. The number of amides is 1. The van der Waals surface area contributed by atoms with Gasteiger partial charge in [-0.25, -0.2) is 0 Å². The lowest BCUT2D eigenvalue weighted by molar-refractivity contribution is -0.157. The zero-order chi connectivity index (χ0) is 10.3. The molecule has 0 aromatic heterocycles. The predicted molar refractivity (Wildman–Crippen MR) is 55.9 cm³/mol. The van der Waals surface area contributed by atoms with Crippen LogP contribution in [-0.4, -0.2) is 47.9 Å². The minimum Gasteiger partial charge on any atom is -0.338 e. The van der Waals surface area contributed by atoms with Crippen molar-refractivity contribution in [3.05, 3.63) is 12.7 Å². The van der Waals surface area contributed by atoms with E-state index in [-0.39, 0.29) is 5.91 Å². The number of nitrogens with zero attached hydrogens (tertiary/aromatic N) is 2. The number of carbonyl (C=O) groups is 1. The van der Waals surface area contributed by atoms with Gasteiger partial charge in [-0.2, -0.15) is 0 Å². The van der Waals surface area contributed by atoms with Crippen molar-refractivity contribution in [1.29, 1.82) is 0 Å². The molecule has 2 aliphatic heterocycles. The van der Waals surface area contributed by atoms with Crippen LogP contribution < -0.4 is 0 Å². The highest BCUT2D eigenvalue weighted by molar-refractivity contribution is 5.87. The van der Waals surface area contributed by atoms with E-state index in [9.17, 15) is 4.79 Å². The molecule has 2 fully saturated rings. The predicted octanol–water partition coefficient (Wildman–Crippen LogP) is 0.725. The van der Waals surface area contributed by atoms with E-state index in [0.29, 0.717) is 11.5 Å². The Hall–Kier alpha value is -0.830. The van der Waals surface area contributed by atoms with Crippen LogP contribution >= 0.6 is 0 Å². The molecule has 78 valence electrons. The summed E-state index contributed by atoms with van der Waals surface area (Å²) in [6, 6.07) is 0.643. The van der Waals surface area contributed by atoms with Crippen LogP contribution in [0.5, 0.6) is 0 Å². The molecule has 0 N–H and O–H groups in total. The second kappa shape index (κ2) is 3.09. The van der Waals surface area contributed by atoms with E-state index in [2.05, 4.69) is 25.3 Å². The molecular weight excluding hydrogens is 176 g/mol. The van der Waals surface area contributed by atoms with Crippen molar-refractivity contribution in [3.8, 4) is 0 Å². The Labute approximate surface area is 85.4 Å². The fourth-order valence-corrected chi connectivity index (χ4v) is 2.43. The highest BCUT2D eigenvalue weighted by Crippen LogP contribution is 2.40. The molecule has 0 radical (unpaired) electrons. The van der Waals surface area contributed by atoms with Crippen LogP contribution in [-0.2, 0) is 4.79 Å². The number of hydrogen-bond acceptors (Lipinski definition) is 2. The van der Waals surface area contributed by atoms with Crippen molar-refractivity contribution >= 4 is 5.91 Å². The molecule has 3 nitrogen and oxygen atoms in total. The quantitative estimate of drug-likeness (QED) is 0.605. The Balaban J connectivity index is 1.79. The standard InChI is InChI=1S/C11H18N2O/c1-4-10(14)13-7-11(8-13)5-12(6-11)9(2)3/h4,9H,1,5-8H2,2-3H3. The van der Waals surface area contributed by atoms with E-state index in [4.69, 9.17) is 0 Å². The number of likely N-dealkylation sites (tertiary alicyclic amines) is 2. The first-order valence-electron chi connectivity index (χ1n) is 5.22. The minimum absolute atomic E-state index is 0.0821. The van der Waals surface area contributed by atoms with Gasteiger partial charge in [-0.05, 0) is 19.9 Å². The maximum absolute atomic E-state index is 11.2. The second-order valence-corrected chi connectivity index (χ2v) is 4.90. The Kier molecular flexibility index (Phi) is 2.14. The summed E-state index contributed by atoms with van der Waals surface area (Å²) in [5.74, 6) is 0.0821. The lowest BCUT2D eigenvalue weighted by Gasteiger charge is -2.61. The number of carbonyl (C=O) groups excluding carboxylic acids is 1. The lowest BCUT2D eigenvalue weighted by atomic mass is 9.72. The summed E-state index contributed by atoms with van der Waals surface area (Å²) in [5.41, 5.74) is 0.433. The molecule has 0 aliphatic carbocycles.